The molecular weight excluding hydrogens is 228 g/mol. The monoisotopic (exact) mass is 248 g/mol. The van der Waals surface area contributed by atoms with Crippen molar-refractivity contribution in [3.63, 3.8) is 0 Å². The molecule has 1 heterocycles. The van der Waals surface area contributed by atoms with Gasteiger partial charge in [-0.25, -0.2) is 0 Å². The fourth-order valence-electron chi connectivity index (χ4n) is 2.13. The molecule has 0 aliphatic carbocycles. The number of benzene rings is 1. The van der Waals surface area contributed by atoms with Crippen LogP contribution >= 0.6 is 0 Å². The van der Waals surface area contributed by atoms with Gasteiger partial charge in [-0.15, -0.1) is 6.58 Å². The Bertz CT molecular complexity index is 363. The second kappa shape index (κ2) is 6.69. The van der Waals surface area contributed by atoms with E-state index in [-0.39, 0.29) is 18.5 Å². The van der Waals surface area contributed by atoms with Crippen LogP contribution in [-0.4, -0.2) is 25.6 Å². The number of ether oxygens (including phenoxy) is 3. The first kappa shape index (κ1) is 13.3. The molecule has 0 saturated carbocycles. The van der Waals surface area contributed by atoms with Crippen molar-refractivity contribution in [1.29, 1.82) is 0 Å². The van der Waals surface area contributed by atoms with Gasteiger partial charge in [0.25, 0.3) is 0 Å². The molecule has 0 bridgehead atoms. The van der Waals surface area contributed by atoms with Crippen LogP contribution in [0.5, 0.6) is 0 Å². The van der Waals surface area contributed by atoms with Gasteiger partial charge in [0, 0.05) is 13.5 Å². The summed E-state index contributed by atoms with van der Waals surface area (Å²) in [6, 6.07) is 10.2. The van der Waals surface area contributed by atoms with E-state index < -0.39 is 0 Å². The predicted octanol–water partition coefficient (Wildman–Crippen LogP) is 2.91. The standard InChI is InChI=1S/C15H20O3/c1-3-13-14(9-10-15(16-2)18-13)17-11-12-7-5-4-6-8-12/h3-8,13-15H,1,9-11H2,2H3/t13-,14+,15+/m1/s1. The second-order valence-corrected chi connectivity index (χ2v) is 4.41. The van der Waals surface area contributed by atoms with Crippen LogP contribution in [0.3, 0.4) is 0 Å². The van der Waals surface area contributed by atoms with Gasteiger partial charge in [-0.05, 0) is 12.0 Å². The Balaban J connectivity index is 1.87. The van der Waals surface area contributed by atoms with E-state index in [0.29, 0.717) is 6.61 Å². The minimum Gasteiger partial charge on any atom is -0.370 e. The summed E-state index contributed by atoms with van der Waals surface area (Å²) in [4.78, 5) is 0. The van der Waals surface area contributed by atoms with Gasteiger partial charge in [0.1, 0.15) is 6.10 Å². The van der Waals surface area contributed by atoms with Crippen molar-refractivity contribution in [2.45, 2.75) is 37.9 Å². The van der Waals surface area contributed by atoms with Gasteiger partial charge < -0.3 is 14.2 Å². The molecule has 3 heteroatoms. The lowest BCUT2D eigenvalue weighted by Crippen LogP contribution is -2.39. The zero-order valence-corrected chi connectivity index (χ0v) is 10.7. The van der Waals surface area contributed by atoms with Crippen LogP contribution in [0.25, 0.3) is 0 Å². The predicted molar refractivity (Wildman–Crippen MR) is 70.1 cm³/mol. The van der Waals surface area contributed by atoms with Crippen LogP contribution < -0.4 is 0 Å². The Kier molecular flexibility index (Phi) is 4.93. The smallest absolute Gasteiger partial charge is 0.158 e. The van der Waals surface area contributed by atoms with E-state index >= 15 is 0 Å². The summed E-state index contributed by atoms with van der Waals surface area (Å²) >= 11 is 0. The second-order valence-electron chi connectivity index (χ2n) is 4.41. The van der Waals surface area contributed by atoms with Crippen LogP contribution in [0.2, 0.25) is 0 Å². The van der Waals surface area contributed by atoms with Crippen molar-refractivity contribution in [2.24, 2.45) is 0 Å². The maximum atomic E-state index is 5.91. The van der Waals surface area contributed by atoms with Crippen molar-refractivity contribution in [2.75, 3.05) is 7.11 Å². The largest absolute Gasteiger partial charge is 0.370 e. The molecule has 0 spiro atoms. The summed E-state index contributed by atoms with van der Waals surface area (Å²) in [6.45, 7) is 4.41. The highest BCUT2D eigenvalue weighted by Gasteiger charge is 2.29. The molecule has 0 radical (unpaired) electrons. The van der Waals surface area contributed by atoms with Crippen molar-refractivity contribution in [1.82, 2.24) is 0 Å². The summed E-state index contributed by atoms with van der Waals surface area (Å²) in [5.74, 6) is 0. The van der Waals surface area contributed by atoms with E-state index in [1.54, 1.807) is 13.2 Å². The van der Waals surface area contributed by atoms with Crippen LogP contribution in [0, 0.1) is 0 Å². The molecule has 1 aromatic rings. The number of hydrogen-bond donors (Lipinski definition) is 0. The van der Waals surface area contributed by atoms with E-state index in [4.69, 9.17) is 14.2 Å². The lowest BCUT2D eigenvalue weighted by atomic mass is 10.0. The Morgan fingerprint density at radius 3 is 2.78 bits per heavy atom. The van der Waals surface area contributed by atoms with Crippen LogP contribution in [-0.2, 0) is 20.8 Å². The first-order valence-electron chi connectivity index (χ1n) is 6.30. The molecule has 0 N–H and O–H groups in total. The van der Waals surface area contributed by atoms with E-state index in [0.717, 1.165) is 12.8 Å². The zero-order chi connectivity index (χ0) is 12.8. The Labute approximate surface area is 108 Å². The van der Waals surface area contributed by atoms with Crippen molar-refractivity contribution in [3.05, 3.63) is 48.6 Å². The van der Waals surface area contributed by atoms with E-state index in [1.807, 2.05) is 18.2 Å². The van der Waals surface area contributed by atoms with Gasteiger partial charge in [-0.1, -0.05) is 36.4 Å². The molecule has 2 rings (SSSR count). The molecule has 3 atom stereocenters. The Morgan fingerprint density at radius 2 is 2.11 bits per heavy atom. The van der Waals surface area contributed by atoms with Crippen LogP contribution in [0.15, 0.2) is 43.0 Å². The summed E-state index contributed by atoms with van der Waals surface area (Å²) in [5, 5.41) is 0. The highest BCUT2D eigenvalue weighted by molar-refractivity contribution is 5.13. The highest BCUT2D eigenvalue weighted by atomic mass is 16.7. The van der Waals surface area contributed by atoms with Crippen LogP contribution in [0.4, 0.5) is 0 Å². The number of methoxy groups -OCH3 is 1. The summed E-state index contributed by atoms with van der Waals surface area (Å²) in [7, 11) is 1.66. The van der Waals surface area contributed by atoms with Crippen molar-refractivity contribution < 1.29 is 14.2 Å². The molecule has 18 heavy (non-hydrogen) atoms. The third-order valence-electron chi connectivity index (χ3n) is 3.16. The van der Waals surface area contributed by atoms with E-state index in [2.05, 4.69) is 18.7 Å². The van der Waals surface area contributed by atoms with E-state index in [9.17, 15) is 0 Å². The maximum Gasteiger partial charge on any atom is 0.158 e. The molecule has 0 aromatic heterocycles. The molecule has 1 aliphatic rings. The fraction of sp³-hybridized carbons (Fsp3) is 0.467. The van der Waals surface area contributed by atoms with Crippen molar-refractivity contribution >= 4 is 0 Å². The number of hydrogen-bond acceptors (Lipinski definition) is 3. The van der Waals surface area contributed by atoms with Gasteiger partial charge in [-0.3, -0.25) is 0 Å². The average Bonchev–Trinajstić information content (AvgIpc) is 2.46. The fourth-order valence-corrected chi connectivity index (χ4v) is 2.13. The van der Waals surface area contributed by atoms with Gasteiger partial charge in [0.2, 0.25) is 0 Å². The summed E-state index contributed by atoms with van der Waals surface area (Å²) in [5.41, 5.74) is 1.18. The van der Waals surface area contributed by atoms with Gasteiger partial charge >= 0.3 is 0 Å². The quantitative estimate of drug-likeness (QED) is 0.750. The van der Waals surface area contributed by atoms with Crippen LogP contribution in [0.1, 0.15) is 18.4 Å². The minimum atomic E-state index is -0.135. The lowest BCUT2D eigenvalue weighted by molar-refractivity contribution is -0.208. The lowest BCUT2D eigenvalue weighted by Gasteiger charge is -2.34. The zero-order valence-electron chi connectivity index (χ0n) is 10.7. The Hall–Kier alpha value is -1.16. The highest BCUT2D eigenvalue weighted by Crippen LogP contribution is 2.24. The molecule has 0 unspecified atom stereocenters. The molecule has 3 nitrogen and oxygen atoms in total. The molecule has 1 saturated heterocycles. The average molecular weight is 248 g/mol. The molecule has 1 aromatic carbocycles. The van der Waals surface area contributed by atoms with E-state index in [1.165, 1.54) is 5.56 Å². The third kappa shape index (κ3) is 3.42. The minimum absolute atomic E-state index is 0.0640. The van der Waals surface area contributed by atoms with Crippen molar-refractivity contribution in [3.8, 4) is 0 Å². The Morgan fingerprint density at radius 1 is 1.33 bits per heavy atom. The van der Waals surface area contributed by atoms with Gasteiger partial charge in [0.15, 0.2) is 6.29 Å². The summed E-state index contributed by atoms with van der Waals surface area (Å²) < 4.78 is 16.8. The number of rotatable bonds is 5. The molecular formula is C15H20O3. The SMILES string of the molecule is C=C[C@H]1O[C@H](OC)CC[C@@H]1OCc1ccccc1. The van der Waals surface area contributed by atoms with Gasteiger partial charge in [-0.2, -0.15) is 0 Å². The summed E-state index contributed by atoms with van der Waals surface area (Å²) in [6.07, 6.45) is 3.43. The molecule has 1 fully saturated rings. The molecule has 98 valence electrons. The first-order valence-corrected chi connectivity index (χ1v) is 6.30. The maximum absolute atomic E-state index is 5.91. The first-order chi connectivity index (χ1) is 8.83. The molecule has 0 amide bonds. The van der Waals surface area contributed by atoms with Gasteiger partial charge in [0.05, 0.1) is 12.7 Å². The third-order valence-corrected chi connectivity index (χ3v) is 3.16. The molecule has 1 aliphatic heterocycles. The normalized spacial score (nSPS) is 27.9. The topological polar surface area (TPSA) is 27.7 Å².